The summed E-state index contributed by atoms with van der Waals surface area (Å²) < 4.78 is 5.19. The number of alkyl carbamates (subject to hydrolysis) is 1. The molecule has 20 heavy (non-hydrogen) atoms. The Morgan fingerprint density at radius 3 is 2.45 bits per heavy atom. The fourth-order valence-corrected chi connectivity index (χ4v) is 2.76. The highest BCUT2D eigenvalue weighted by Gasteiger charge is 2.23. The maximum atomic E-state index is 11.7. The highest BCUT2D eigenvalue weighted by Crippen LogP contribution is 2.27. The normalized spacial score (nSPS) is 18.4. The molecule has 1 rings (SSSR count). The van der Waals surface area contributed by atoms with E-state index in [1.807, 2.05) is 0 Å². The molecule has 0 radical (unpaired) electrons. The predicted octanol–water partition coefficient (Wildman–Crippen LogP) is 4.13. The first-order valence-electron chi connectivity index (χ1n) is 7.50. The van der Waals surface area contributed by atoms with E-state index in [9.17, 15) is 9.90 Å². The van der Waals surface area contributed by atoms with Crippen molar-refractivity contribution in [1.82, 2.24) is 5.32 Å². The van der Waals surface area contributed by atoms with Crippen LogP contribution in [0.25, 0.3) is 0 Å². The minimum Gasteiger partial charge on any atom is -0.500 e. The third-order valence-electron chi connectivity index (χ3n) is 3.58. The Balaban J connectivity index is 2.39. The van der Waals surface area contributed by atoms with Crippen LogP contribution in [0.5, 0.6) is 0 Å². The molecule has 1 aliphatic rings. The standard InChI is InChI=1S/C15H27NO3S/c1-15(2,3)19-14(18)16-12(13(17)20)10-9-11-7-5-4-6-8-11/h11-12H,4-10H2,1-3H3,(H,16,18)(H,17,20)/t12-/m1/s1. The number of hydrogen-bond acceptors (Lipinski definition) is 3. The van der Waals surface area contributed by atoms with E-state index < -0.39 is 17.7 Å². The first kappa shape index (κ1) is 17.2. The van der Waals surface area contributed by atoms with Gasteiger partial charge in [-0.1, -0.05) is 32.1 Å². The molecule has 2 N–H and O–H groups in total. The molecule has 4 nitrogen and oxygen atoms in total. The van der Waals surface area contributed by atoms with Crippen LogP contribution in [0.1, 0.15) is 65.7 Å². The zero-order chi connectivity index (χ0) is 15.2. The second-order valence-corrected chi connectivity index (χ2v) is 7.04. The summed E-state index contributed by atoms with van der Waals surface area (Å²) in [5, 5.41) is 12.0. The van der Waals surface area contributed by atoms with Crippen LogP contribution in [0, 0.1) is 5.92 Å². The lowest BCUT2D eigenvalue weighted by Gasteiger charge is -2.25. The fraction of sp³-hybridized carbons (Fsp3) is 0.867. The number of carbonyl (C=O) groups excluding carboxylic acids is 1. The van der Waals surface area contributed by atoms with E-state index >= 15 is 0 Å². The largest absolute Gasteiger partial charge is 0.500 e. The zero-order valence-corrected chi connectivity index (χ0v) is 13.6. The number of ether oxygens (including phenoxy) is 1. The number of rotatable bonds is 5. The molecule has 1 fully saturated rings. The third-order valence-corrected chi connectivity index (χ3v) is 3.86. The van der Waals surface area contributed by atoms with Gasteiger partial charge in [0.15, 0.2) is 5.05 Å². The van der Waals surface area contributed by atoms with Crippen molar-refractivity contribution in [3.8, 4) is 0 Å². The van der Waals surface area contributed by atoms with Crippen LogP contribution in [0.15, 0.2) is 0 Å². The predicted molar refractivity (Wildman–Crippen MR) is 84.2 cm³/mol. The number of hydrogen-bond donors (Lipinski definition) is 2. The number of aliphatic hydroxyl groups excluding tert-OH is 1. The van der Waals surface area contributed by atoms with E-state index in [1.54, 1.807) is 20.8 Å². The van der Waals surface area contributed by atoms with Gasteiger partial charge in [-0.05, 0) is 51.7 Å². The Labute approximate surface area is 127 Å². The van der Waals surface area contributed by atoms with Crippen molar-refractivity contribution in [2.24, 2.45) is 5.92 Å². The van der Waals surface area contributed by atoms with E-state index in [4.69, 9.17) is 17.0 Å². The van der Waals surface area contributed by atoms with Gasteiger partial charge >= 0.3 is 6.09 Å². The Morgan fingerprint density at radius 1 is 1.35 bits per heavy atom. The van der Waals surface area contributed by atoms with Gasteiger partial charge in [-0.3, -0.25) is 0 Å². The highest BCUT2D eigenvalue weighted by molar-refractivity contribution is 7.80. The van der Waals surface area contributed by atoms with Crippen molar-refractivity contribution in [3.63, 3.8) is 0 Å². The van der Waals surface area contributed by atoms with Crippen LogP contribution in [-0.2, 0) is 4.74 Å². The number of amides is 1. The van der Waals surface area contributed by atoms with Gasteiger partial charge in [0.1, 0.15) is 11.6 Å². The molecule has 1 saturated carbocycles. The second-order valence-electron chi connectivity index (χ2n) is 6.62. The van der Waals surface area contributed by atoms with Gasteiger partial charge in [0.2, 0.25) is 0 Å². The summed E-state index contributed by atoms with van der Waals surface area (Å²) in [6, 6.07) is -0.484. The van der Waals surface area contributed by atoms with E-state index in [1.165, 1.54) is 32.1 Å². The average Bonchev–Trinajstić information content (AvgIpc) is 2.33. The minimum absolute atomic E-state index is 0.160. The van der Waals surface area contributed by atoms with Crippen molar-refractivity contribution in [2.75, 3.05) is 0 Å². The zero-order valence-electron chi connectivity index (χ0n) is 12.8. The summed E-state index contributed by atoms with van der Waals surface area (Å²) in [4.78, 5) is 11.7. The lowest BCUT2D eigenvalue weighted by atomic mass is 9.85. The molecule has 0 saturated heterocycles. The van der Waals surface area contributed by atoms with Crippen molar-refractivity contribution < 1.29 is 14.6 Å². The van der Waals surface area contributed by atoms with Crippen LogP contribution in [-0.4, -0.2) is 27.9 Å². The average molecular weight is 301 g/mol. The van der Waals surface area contributed by atoms with Gasteiger partial charge in [-0.2, -0.15) is 0 Å². The molecule has 0 heterocycles. The molecular formula is C15H27NO3S. The molecule has 0 aromatic rings. The van der Waals surface area contributed by atoms with Gasteiger partial charge in [-0.15, -0.1) is 0 Å². The lowest BCUT2D eigenvalue weighted by molar-refractivity contribution is 0.0511. The van der Waals surface area contributed by atoms with Crippen LogP contribution in [0.2, 0.25) is 0 Å². The molecule has 0 bridgehead atoms. The molecule has 5 heteroatoms. The molecule has 116 valence electrons. The van der Waals surface area contributed by atoms with Crippen molar-refractivity contribution in [2.45, 2.75) is 77.4 Å². The Bertz CT molecular complexity index is 333. The first-order chi connectivity index (χ1) is 9.28. The van der Waals surface area contributed by atoms with Gasteiger partial charge < -0.3 is 15.2 Å². The SMILES string of the molecule is CC(C)(C)OC(=O)N[C@H](CCC1CCCCC1)C(O)=S. The summed E-state index contributed by atoms with van der Waals surface area (Å²) in [7, 11) is 0. The van der Waals surface area contributed by atoms with Crippen LogP contribution in [0.4, 0.5) is 4.79 Å². The van der Waals surface area contributed by atoms with Crippen molar-refractivity contribution in [3.05, 3.63) is 0 Å². The van der Waals surface area contributed by atoms with Gasteiger partial charge in [0.25, 0.3) is 0 Å². The molecule has 0 aromatic heterocycles. The Hall–Kier alpha value is -0.840. The fourth-order valence-electron chi connectivity index (χ4n) is 2.59. The monoisotopic (exact) mass is 301 g/mol. The molecule has 0 aromatic carbocycles. The summed E-state index contributed by atoms with van der Waals surface area (Å²) in [6.07, 6.45) is 7.54. The third kappa shape index (κ3) is 7.08. The molecule has 1 atom stereocenters. The molecule has 1 amide bonds. The first-order valence-corrected chi connectivity index (χ1v) is 7.91. The molecular weight excluding hydrogens is 274 g/mol. The minimum atomic E-state index is -0.547. The van der Waals surface area contributed by atoms with E-state index in [0.29, 0.717) is 12.3 Å². The topological polar surface area (TPSA) is 58.6 Å². The van der Waals surface area contributed by atoms with Gasteiger partial charge in [0.05, 0.1) is 0 Å². The van der Waals surface area contributed by atoms with Crippen LogP contribution < -0.4 is 5.32 Å². The summed E-state index contributed by atoms with van der Waals surface area (Å²) in [5.41, 5.74) is -0.547. The number of nitrogens with one attached hydrogen (secondary N) is 1. The smallest absolute Gasteiger partial charge is 0.408 e. The molecule has 0 aliphatic heterocycles. The second kappa shape index (κ2) is 7.81. The summed E-state index contributed by atoms with van der Waals surface area (Å²) in [5.74, 6) is 0.695. The van der Waals surface area contributed by atoms with E-state index in [2.05, 4.69) is 5.32 Å². The lowest BCUT2D eigenvalue weighted by Crippen LogP contribution is -2.43. The Morgan fingerprint density at radius 2 is 1.95 bits per heavy atom. The number of thiocarbonyl (C=S) groups is 1. The summed E-state index contributed by atoms with van der Waals surface area (Å²) in [6.45, 7) is 5.42. The molecule has 0 spiro atoms. The van der Waals surface area contributed by atoms with E-state index in [0.717, 1.165) is 6.42 Å². The molecule has 0 unspecified atom stereocenters. The van der Waals surface area contributed by atoms with Crippen molar-refractivity contribution in [1.29, 1.82) is 0 Å². The summed E-state index contributed by atoms with van der Waals surface area (Å²) >= 11 is 4.83. The van der Waals surface area contributed by atoms with Crippen molar-refractivity contribution >= 4 is 23.4 Å². The van der Waals surface area contributed by atoms with E-state index in [-0.39, 0.29) is 5.05 Å². The molecule has 1 aliphatic carbocycles. The van der Waals surface area contributed by atoms with Crippen LogP contribution >= 0.6 is 12.2 Å². The highest BCUT2D eigenvalue weighted by atomic mass is 32.1. The Kier molecular flexibility index (Phi) is 6.72. The van der Waals surface area contributed by atoms with Gasteiger partial charge in [0, 0.05) is 0 Å². The number of carbonyl (C=O) groups is 1. The quantitative estimate of drug-likeness (QED) is 0.750. The maximum absolute atomic E-state index is 11.7. The number of aliphatic hydroxyl groups is 1. The van der Waals surface area contributed by atoms with Gasteiger partial charge in [-0.25, -0.2) is 4.79 Å². The maximum Gasteiger partial charge on any atom is 0.408 e. The van der Waals surface area contributed by atoms with Crippen LogP contribution in [0.3, 0.4) is 0 Å².